The molecule has 0 unspecified atom stereocenters. The van der Waals surface area contributed by atoms with E-state index in [0.717, 1.165) is 43.8 Å². The summed E-state index contributed by atoms with van der Waals surface area (Å²) in [5.74, 6) is 0.0163. The smallest absolute Gasteiger partial charge is 0.226 e. The van der Waals surface area contributed by atoms with Crippen LogP contribution in [0, 0.1) is 11.3 Å². The number of nitrogens with one attached hydrogen (secondary N) is 1. The molecule has 1 atom stereocenters. The second-order valence-electron chi connectivity index (χ2n) is 7.56. The van der Waals surface area contributed by atoms with E-state index in [1.165, 1.54) is 29.0 Å². The summed E-state index contributed by atoms with van der Waals surface area (Å²) in [4.78, 5) is 16.3. The summed E-state index contributed by atoms with van der Waals surface area (Å²) in [5.41, 5.74) is 3.20. The molecule has 2 aromatic rings. The monoisotopic (exact) mass is 382 g/mol. The Morgan fingerprint density at radius 3 is 3.00 bits per heavy atom. The van der Waals surface area contributed by atoms with Crippen LogP contribution < -0.4 is 5.32 Å². The van der Waals surface area contributed by atoms with Gasteiger partial charge in [-0.3, -0.25) is 9.69 Å². The summed E-state index contributed by atoms with van der Waals surface area (Å²) >= 11 is 1.60. The zero-order valence-electron chi connectivity index (χ0n) is 15.8. The number of aryl methyl sites for hydroxylation is 2. The summed E-state index contributed by atoms with van der Waals surface area (Å²) in [6.45, 7) is 1.80. The number of hydrogen-bond donors (Lipinski definition) is 1. The molecule has 1 aliphatic carbocycles. The quantitative estimate of drug-likeness (QED) is 0.850. The number of rotatable bonds is 5. The Bertz CT molecular complexity index is 875. The van der Waals surface area contributed by atoms with E-state index in [1.807, 2.05) is 0 Å². The molecule has 5 nitrogen and oxygen atoms in total. The number of fused-ring (bicyclic) bond motifs is 1. The average Bonchev–Trinajstić information content (AvgIpc) is 3.37. The van der Waals surface area contributed by atoms with Gasteiger partial charge in [-0.25, -0.2) is 0 Å². The molecule has 27 heavy (non-hydrogen) atoms. The van der Waals surface area contributed by atoms with Crippen LogP contribution in [0.15, 0.2) is 18.3 Å². The fraction of sp³-hybridized carbons (Fsp3) is 0.524. The minimum atomic E-state index is 0.0163. The van der Waals surface area contributed by atoms with Crippen molar-refractivity contribution in [3.63, 3.8) is 0 Å². The molecular formula is C21H26N4OS. The molecule has 0 aromatic carbocycles. The van der Waals surface area contributed by atoms with Crippen LogP contribution in [-0.2, 0) is 24.7 Å². The van der Waals surface area contributed by atoms with Crippen molar-refractivity contribution >= 4 is 22.2 Å². The Hall–Kier alpha value is -2.10. The van der Waals surface area contributed by atoms with Crippen LogP contribution in [-0.4, -0.2) is 28.5 Å². The molecule has 0 spiro atoms. The summed E-state index contributed by atoms with van der Waals surface area (Å²) in [5, 5.41) is 13.3. The number of aromatic nitrogens is 1. The number of nitriles is 1. The minimum Gasteiger partial charge on any atom is -0.353 e. The van der Waals surface area contributed by atoms with E-state index in [0.29, 0.717) is 18.0 Å². The first-order valence-electron chi connectivity index (χ1n) is 9.87. The molecule has 1 fully saturated rings. The van der Waals surface area contributed by atoms with Crippen LogP contribution >= 0.6 is 11.3 Å². The number of carbonyl (C=O) groups is 1. The van der Waals surface area contributed by atoms with Crippen molar-refractivity contribution in [2.24, 2.45) is 7.05 Å². The molecule has 6 heteroatoms. The number of amides is 1. The molecule has 4 rings (SSSR count). The van der Waals surface area contributed by atoms with E-state index in [9.17, 15) is 10.1 Å². The van der Waals surface area contributed by atoms with Gasteiger partial charge in [-0.1, -0.05) is 0 Å². The largest absolute Gasteiger partial charge is 0.353 e. The normalized spacial score (nSPS) is 19.6. The van der Waals surface area contributed by atoms with Crippen molar-refractivity contribution < 1.29 is 4.79 Å². The highest BCUT2D eigenvalue weighted by Gasteiger charge is 2.28. The molecule has 2 aliphatic rings. The van der Waals surface area contributed by atoms with E-state index in [1.54, 1.807) is 11.3 Å². The van der Waals surface area contributed by atoms with E-state index < -0.39 is 0 Å². The molecule has 1 saturated heterocycles. The third-order valence-corrected chi connectivity index (χ3v) is 7.06. The highest BCUT2D eigenvalue weighted by atomic mass is 32.1. The SMILES string of the molecule is Cn1cccc1[C@@H]1CCCN1CCC(=O)Nc1sc2c(c1C#N)CCCC2. The van der Waals surface area contributed by atoms with Gasteiger partial charge < -0.3 is 9.88 Å². The minimum absolute atomic E-state index is 0.0163. The zero-order chi connectivity index (χ0) is 18.8. The molecule has 0 saturated carbocycles. The number of likely N-dealkylation sites (tertiary alicyclic amines) is 1. The van der Waals surface area contributed by atoms with Gasteiger partial charge in [0.15, 0.2) is 0 Å². The Labute approximate surface area is 164 Å². The van der Waals surface area contributed by atoms with Crippen LogP contribution in [0.2, 0.25) is 0 Å². The Balaban J connectivity index is 1.38. The molecule has 3 heterocycles. The van der Waals surface area contributed by atoms with Gasteiger partial charge in [0.1, 0.15) is 11.1 Å². The Morgan fingerprint density at radius 1 is 1.37 bits per heavy atom. The maximum atomic E-state index is 12.6. The summed E-state index contributed by atoms with van der Waals surface area (Å²) in [6, 6.07) is 6.99. The van der Waals surface area contributed by atoms with Crippen molar-refractivity contribution in [2.75, 3.05) is 18.4 Å². The third kappa shape index (κ3) is 3.67. The van der Waals surface area contributed by atoms with Crippen LogP contribution in [0.4, 0.5) is 5.00 Å². The van der Waals surface area contributed by atoms with E-state index in [4.69, 9.17) is 0 Å². The second kappa shape index (κ2) is 7.87. The van der Waals surface area contributed by atoms with Crippen molar-refractivity contribution in [1.29, 1.82) is 5.26 Å². The number of anilines is 1. The second-order valence-corrected chi connectivity index (χ2v) is 8.67. The van der Waals surface area contributed by atoms with Gasteiger partial charge in [0.2, 0.25) is 5.91 Å². The van der Waals surface area contributed by atoms with Crippen LogP contribution in [0.1, 0.15) is 59.8 Å². The molecule has 1 amide bonds. The molecule has 1 aliphatic heterocycles. The first-order chi connectivity index (χ1) is 13.2. The highest BCUT2D eigenvalue weighted by molar-refractivity contribution is 7.16. The van der Waals surface area contributed by atoms with E-state index in [-0.39, 0.29) is 5.91 Å². The fourth-order valence-electron chi connectivity index (χ4n) is 4.46. The molecule has 142 valence electrons. The van der Waals surface area contributed by atoms with E-state index in [2.05, 4.69) is 46.2 Å². The Kier molecular flexibility index (Phi) is 5.33. The number of hydrogen-bond acceptors (Lipinski definition) is 4. The maximum absolute atomic E-state index is 12.6. The van der Waals surface area contributed by atoms with Gasteiger partial charge in [-0.2, -0.15) is 5.26 Å². The number of carbonyl (C=O) groups excluding carboxylic acids is 1. The van der Waals surface area contributed by atoms with Crippen LogP contribution in [0.5, 0.6) is 0 Å². The lowest BCUT2D eigenvalue weighted by molar-refractivity contribution is -0.116. The lowest BCUT2D eigenvalue weighted by Gasteiger charge is -2.24. The maximum Gasteiger partial charge on any atom is 0.226 e. The summed E-state index contributed by atoms with van der Waals surface area (Å²) in [7, 11) is 2.08. The van der Waals surface area contributed by atoms with Gasteiger partial charge >= 0.3 is 0 Å². The molecular weight excluding hydrogens is 356 g/mol. The zero-order valence-corrected chi connectivity index (χ0v) is 16.6. The van der Waals surface area contributed by atoms with Crippen molar-refractivity contribution in [2.45, 2.75) is 51.0 Å². The first-order valence-corrected chi connectivity index (χ1v) is 10.7. The van der Waals surface area contributed by atoms with Crippen LogP contribution in [0.25, 0.3) is 0 Å². The summed E-state index contributed by atoms with van der Waals surface area (Å²) < 4.78 is 2.18. The average molecular weight is 383 g/mol. The molecule has 0 radical (unpaired) electrons. The Morgan fingerprint density at radius 2 is 2.22 bits per heavy atom. The lowest BCUT2D eigenvalue weighted by atomic mass is 9.96. The fourth-order valence-corrected chi connectivity index (χ4v) is 5.71. The van der Waals surface area contributed by atoms with Gasteiger partial charge in [0, 0.05) is 36.8 Å². The lowest BCUT2D eigenvalue weighted by Crippen LogP contribution is -2.28. The van der Waals surface area contributed by atoms with Gasteiger partial charge in [-0.05, 0) is 62.8 Å². The van der Waals surface area contributed by atoms with Crippen LogP contribution in [0.3, 0.4) is 0 Å². The molecule has 2 aromatic heterocycles. The van der Waals surface area contributed by atoms with Gasteiger partial charge in [-0.15, -0.1) is 11.3 Å². The standard InChI is InChI=1S/C21H26N4OS/c1-24-11-4-7-17(24)18-8-5-12-25(18)13-10-20(26)23-21-16(14-22)15-6-2-3-9-19(15)27-21/h4,7,11,18H,2-3,5-6,8-10,12-13H2,1H3,(H,23,26)/t18-/m0/s1. The van der Waals surface area contributed by atoms with E-state index >= 15 is 0 Å². The molecule has 1 N–H and O–H groups in total. The third-order valence-electron chi connectivity index (χ3n) is 5.85. The first kappa shape index (κ1) is 18.3. The van der Waals surface area contributed by atoms with Crippen molar-refractivity contribution in [3.8, 4) is 6.07 Å². The van der Waals surface area contributed by atoms with Crippen molar-refractivity contribution in [1.82, 2.24) is 9.47 Å². The van der Waals surface area contributed by atoms with Gasteiger partial charge in [0.05, 0.1) is 11.6 Å². The summed E-state index contributed by atoms with van der Waals surface area (Å²) in [6.07, 6.45) is 9.20. The highest BCUT2D eigenvalue weighted by Crippen LogP contribution is 2.38. The van der Waals surface area contributed by atoms with Crippen molar-refractivity contribution in [3.05, 3.63) is 40.0 Å². The number of nitrogens with zero attached hydrogens (tertiary/aromatic N) is 3. The number of thiophene rings is 1. The predicted molar refractivity (Wildman–Crippen MR) is 108 cm³/mol. The topological polar surface area (TPSA) is 61.1 Å². The van der Waals surface area contributed by atoms with Gasteiger partial charge in [0.25, 0.3) is 0 Å². The molecule has 0 bridgehead atoms. The predicted octanol–water partition coefficient (Wildman–Crippen LogP) is 4.00.